The Hall–Kier alpha value is -1.75. The van der Waals surface area contributed by atoms with Gasteiger partial charge in [0.25, 0.3) is 0 Å². The molecule has 4 nitrogen and oxygen atoms in total. The predicted molar refractivity (Wildman–Crippen MR) is 75.9 cm³/mol. The van der Waals surface area contributed by atoms with Crippen LogP contribution in [-0.4, -0.2) is 17.1 Å². The van der Waals surface area contributed by atoms with Crippen LogP contribution in [0.15, 0.2) is 24.4 Å². The molecular weight excluding hydrogens is 246 g/mol. The summed E-state index contributed by atoms with van der Waals surface area (Å²) in [5.74, 6) is 0.691. The molecular formula is C13H15N3OS. The van der Waals surface area contributed by atoms with Crippen LogP contribution in [0.5, 0.6) is 0 Å². The lowest BCUT2D eigenvalue weighted by Crippen LogP contribution is -2.14. The monoisotopic (exact) mass is 261 g/mol. The molecule has 0 saturated heterocycles. The standard InChI is InChI=1S/C13H15N3OS/c1-4-10-11(7-14-5-2)18-13(15-10)16-12(17)9-6-8(9)3/h4-5,7-9H,1-2,6H2,3H3,(H,15,16,17)/b14-7-/t8-,9-/m1/s1. The number of thiazole rings is 1. The van der Waals surface area contributed by atoms with E-state index in [1.807, 2.05) is 0 Å². The summed E-state index contributed by atoms with van der Waals surface area (Å²) in [6, 6.07) is 0. The van der Waals surface area contributed by atoms with Gasteiger partial charge >= 0.3 is 0 Å². The van der Waals surface area contributed by atoms with Gasteiger partial charge in [-0.1, -0.05) is 31.4 Å². The maximum absolute atomic E-state index is 11.8. The molecule has 94 valence electrons. The second kappa shape index (κ2) is 5.27. The SMILES string of the molecule is C=C/N=C\c1sc(NC(=O)[C@@H]2C[C@H]2C)nc1C=C. The number of hydrogen-bond donors (Lipinski definition) is 1. The van der Waals surface area contributed by atoms with Crippen molar-refractivity contribution in [2.75, 3.05) is 5.32 Å². The van der Waals surface area contributed by atoms with Crippen LogP contribution in [0.25, 0.3) is 6.08 Å². The summed E-state index contributed by atoms with van der Waals surface area (Å²) in [7, 11) is 0. The van der Waals surface area contributed by atoms with E-state index in [9.17, 15) is 4.79 Å². The van der Waals surface area contributed by atoms with Gasteiger partial charge in [0, 0.05) is 18.3 Å². The molecule has 1 aromatic rings. The topological polar surface area (TPSA) is 54.4 Å². The zero-order valence-corrected chi connectivity index (χ0v) is 11.0. The van der Waals surface area contributed by atoms with Crippen LogP contribution in [0.2, 0.25) is 0 Å². The van der Waals surface area contributed by atoms with Crippen LogP contribution in [0, 0.1) is 11.8 Å². The lowest BCUT2D eigenvalue weighted by molar-refractivity contribution is -0.117. The summed E-state index contributed by atoms with van der Waals surface area (Å²) < 4.78 is 0. The van der Waals surface area contributed by atoms with Crippen molar-refractivity contribution in [1.82, 2.24) is 4.98 Å². The van der Waals surface area contributed by atoms with E-state index in [4.69, 9.17) is 0 Å². The first-order valence-corrected chi connectivity index (χ1v) is 6.55. The van der Waals surface area contributed by atoms with Crippen molar-refractivity contribution in [1.29, 1.82) is 0 Å². The third kappa shape index (κ3) is 2.73. The summed E-state index contributed by atoms with van der Waals surface area (Å²) >= 11 is 1.39. The van der Waals surface area contributed by atoms with Gasteiger partial charge in [0.15, 0.2) is 5.13 Å². The molecule has 1 aromatic heterocycles. The van der Waals surface area contributed by atoms with Crippen molar-refractivity contribution in [3.63, 3.8) is 0 Å². The van der Waals surface area contributed by atoms with Crippen molar-refractivity contribution in [3.05, 3.63) is 29.9 Å². The van der Waals surface area contributed by atoms with Crippen LogP contribution >= 0.6 is 11.3 Å². The van der Waals surface area contributed by atoms with Crippen LogP contribution in [0.4, 0.5) is 5.13 Å². The van der Waals surface area contributed by atoms with E-state index in [2.05, 4.69) is 35.4 Å². The summed E-state index contributed by atoms with van der Waals surface area (Å²) in [6.07, 6.45) is 5.74. The molecule has 1 aliphatic rings. The molecule has 0 bridgehead atoms. The van der Waals surface area contributed by atoms with E-state index in [-0.39, 0.29) is 11.8 Å². The van der Waals surface area contributed by atoms with Crippen LogP contribution < -0.4 is 5.32 Å². The van der Waals surface area contributed by atoms with E-state index in [1.54, 1.807) is 12.3 Å². The van der Waals surface area contributed by atoms with Crippen LogP contribution in [0.1, 0.15) is 23.9 Å². The second-order valence-electron chi connectivity index (χ2n) is 4.24. The number of aromatic nitrogens is 1. The van der Waals surface area contributed by atoms with Gasteiger partial charge in [-0.05, 0) is 18.4 Å². The van der Waals surface area contributed by atoms with Gasteiger partial charge < -0.3 is 5.32 Å². The highest BCUT2D eigenvalue weighted by atomic mass is 32.1. The number of amides is 1. The minimum atomic E-state index is 0.0547. The third-order valence-electron chi connectivity index (χ3n) is 2.85. The quantitative estimate of drug-likeness (QED) is 0.828. The lowest BCUT2D eigenvalue weighted by atomic mass is 10.3. The van der Waals surface area contributed by atoms with Gasteiger partial charge in [0.2, 0.25) is 5.91 Å². The number of nitrogens with one attached hydrogen (secondary N) is 1. The van der Waals surface area contributed by atoms with Gasteiger partial charge in [-0.2, -0.15) is 0 Å². The fraction of sp³-hybridized carbons (Fsp3) is 0.308. The smallest absolute Gasteiger partial charge is 0.229 e. The van der Waals surface area contributed by atoms with Crippen molar-refractivity contribution >= 4 is 34.7 Å². The first-order chi connectivity index (χ1) is 8.65. The van der Waals surface area contributed by atoms with E-state index in [1.165, 1.54) is 17.5 Å². The summed E-state index contributed by atoms with van der Waals surface area (Å²) in [6.45, 7) is 9.29. The minimum absolute atomic E-state index is 0.0547. The highest BCUT2D eigenvalue weighted by Gasteiger charge is 2.39. The molecule has 2 atom stereocenters. The van der Waals surface area contributed by atoms with Gasteiger partial charge in [-0.25, -0.2) is 4.98 Å². The van der Waals surface area contributed by atoms with Crippen LogP contribution in [0.3, 0.4) is 0 Å². The number of carbonyl (C=O) groups is 1. The molecule has 1 heterocycles. The third-order valence-corrected chi connectivity index (χ3v) is 3.77. The average molecular weight is 261 g/mol. The van der Waals surface area contributed by atoms with E-state index in [0.717, 1.165) is 17.0 Å². The summed E-state index contributed by atoms with van der Waals surface area (Å²) in [5.41, 5.74) is 0.727. The molecule has 0 radical (unpaired) electrons. The second-order valence-corrected chi connectivity index (χ2v) is 5.27. The number of anilines is 1. The highest BCUT2D eigenvalue weighted by Crippen LogP contribution is 2.38. The molecule has 18 heavy (non-hydrogen) atoms. The van der Waals surface area contributed by atoms with Crippen molar-refractivity contribution in [3.8, 4) is 0 Å². The molecule has 1 saturated carbocycles. The van der Waals surface area contributed by atoms with Crippen molar-refractivity contribution < 1.29 is 4.79 Å². The molecule has 2 rings (SSSR count). The molecule has 5 heteroatoms. The molecule has 0 aliphatic heterocycles. The summed E-state index contributed by atoms with van der Waals surface area (Å²) in [5, 5.41) is 3.44. The highest BCUT2D eigenvalue weighted by molar-refractivity contribution is 7.17. The molecule has 0 unspecified atom stereocenters. The first kappa shape index (κ1) is 12.7. The van der Waals surface area contributed by atoms with E-state index < -0.39 is 0 Å². The van der Waals surface area contributed by atoms with Crippen molar-refractivity contribution in [2.45, 2.75) is 13.3 Å². The average Bonchev–Trinajstić information content (AvgIpc) is 2.96. The largest absolute Gasteiger partial charge is 0.302 e. The fourth-order valence-electron chi connectivity index (χ4n) is 1.64. The maximum Gasteiger partial charge on any atom is 0.229 e. The van der Waals surface area contributed by atoms with Crippen molar-refractivity contribution in [2.24, 2.45) is 16.8 Å². The number of rotatable bonds is 5. The Morgan fingerprint density at radius 2 is 2.33 bits per heavy atom. The van der Waals surface area contributed by atoms with E-state index in [0.29, 0.717) is 11.0 Å². The Kier molecular flexibility index (Phi) is 3.72. The number of aliphatic imine (C=N–C) groups is 1. The number of hydrogen-bond acceptors (Lipinski definition) is 4. The molecule has 1 amide bonds. The van der Waals surface area contributed by atoms with Gasteiger partial charge in [-0.3, -0.25) is 9.79 Å². The van der Waals surface area contributed by atoms with Gasteiger partial charge in [0.1, 0.15) is 0 Å². The fourth-order valence-corrected chi connectivity index (χ4v) is 2.49. The molecule has 1 aliphatic carbocycles. The Labute approximate surface area is 110 Å². The Morgan fingerprint density at radius 1 is 1.61 bits per heavy atom. The lowest BCUT2D eigenvalue weighted by Gasteiger charge is -1.98. The predicted octanol–water partition coefficient (Wildman–Crippen LogP) is 2.94. The minimum Gasteiger partial charge on any atom is -0.302 e. The zero-order chi connectivity index (χ0) is 13.1. The molecule has 1 N–H and O–H groups in total. The maximum atomic E-state index is 11.8. The molecule has 1 fully saturated rings. The Balaban J connectivity index is 2.11. The van der Waals surface area contributed by atoms with E-state index >= 15 is 0 Å². The zero-order valence-electron chi connectivity index (χ0n) is 10.2. The summed E-state index contributed by atoms with van der Waals surface area (Å²) in [4.78, 5) is 20.9. The van der Waals surface area contributed by atoms with Crippen LogP contribution in [-0.2, 0) is 4.79 Å². The normalized spacial score (nSPS) is 21.8. The molecule has 0 spiro atoms. The van der Waals surface area contributed by atoms with Gasteiger partial charge in [0.05, 0.1) is 10.6 Å². The molecule has 0 aromatic carbocycles. The number of carbonyl (C=O) groups excluding carboxylic acids is 1. The first-order valence-electron chi connectivity index (χ1n) is 5.74. The number of nitrogens with zero attached hydrogens (tertiary/aromatic N) is 2. The Bertz CT molecular complexity index is 518. The Morgan fingerprint density at radius 3 is 2.89 bits per heavy atom. The van der Waals surface area contributed by atoms with Gasteiger partial charge in [-0.15, -0.1) is 0 Å².